The van der Waals surface area contributed by atoms with Crippen molar-refractivity contribution in [1.82, 2.24) is 9.13 Å². The van der Waals surface area contributed by atoms with Crippen LogP contribution in [0.2, 0.25) is 0 Å². The average Bonchev–Trinajstić information content (AvgIpc) is 3.08. The van der Waals surface area contributed by atoms with Gasteiger partial charge < -0.3 is 10.5 Å². The monoisotopic (exact) mass is 400 g/mol. The van der Waals surface area contributed by atoms with E-state index < -0.39 is 0 Å². The van der Waals surface area contributed by atoms with Crippen molar-refractivity contribution in [3.05, 3.63) is 82.5 Å². The molecule has 3 N–H and O–H groups in total. The van der Waals surface area contributed by atoms with Gasteiger partial charge in [0.15, 0.2) is 0 Å². The van der Waals surface area contributed by atoms with Crippen molar-refractivity contribution >= 4 is 24.2 Å². The van der Waals surface area contributed by atoms with Crippen molar-refractivity contribution in [2.24, 2.45) is 5.73 Å². The molecule has 0 aliphatic carbocycles. The molecular weight excluding hydrogens is 380 g/mol. The maximum absolute atomic E-state index is 12.7. The van der Waals surface area contributed by atoms with Gasteiger partial charge in [-0.05, 0) is 48.4 Å². The van der Waals surface area contributed by atoms with Crippen LogP contribution in [0, 0.1) is 5.41 Å². The van der Waals surface area contributed by atoms with Gasteiger partial charge in [0, 0.05) is 24.4 Å². The van der Waals surface area contributed by atoms with E-state index in [1.807, 2.05) is 24.3 Å². The first-order valence-electron chi connectivity index (χ1n) is 8.40. The number of ether oxygens (including phenoxy) is 1. The summed E-state index contributed by atoms with van der Waals surface area (Å²) in [7, 11) is 1.37. The number of nitrogens with one attached hydrogen (secondary N) is 1. The summed E-state index contributed by atoms with van der Waals surface area (Å²) < 4.78 is 7.71. The van der Waals surface area contributed by atoms with Gasteiger partial charge in [0.2, 0.25) is 0 Å². The normalized spacial score (nSPS) is 10.2. The van der Waals surface area contributed by atoms with Gasteiger partial charge in [-0.3, -0.25) is 19.3 Å². The van der Waals surface area contributed by atoms with Crippen LogP contribution >= 0.6 is 12.4 Å². The molecule has 3 aromatic rings. The zero-order chi connectivity index (χ0) is 19.4. The number of carbonyl (C=O) groups is 1. The van der Waals surface area contributed by atoms with Gasteiger partial charge >= 0.3 is 11.7 Å². The van der Waals surface area contributed by atoms with Crippen LogP contribution in [0.1, 0.15) is 17.5 Å². The molecular formula is C20H21ClN4O3. The summed E-state index contributed by atoms with van der Waals surface area (Å²) >= 11 is 0. The molecule has 0 spiro atoms. The van der Waals surface area contributed by atoms with E-state index in [1.165, 1.54) is 11.7 Å². The molecule has 0 aliphatic rings. The minimum absolute atomic E-state index is 0. The van der Waals surface area contributed by atoms with Gasteiger partial charge in [-0.2, -0.15) is 0 Å². The topological polar surface area (TPSA) is 103 Å². The molecule has 7 nitrogen and oxygen atoms in total. The maximum atomic E-state index is 12.7. The number of nitrogen functional groups attached to an aromatic ring is 1. The van der Waals surface area contributed by atoms with Crippen molar-refractivity contribution in [3.8, 4) is 11.4 Å². The summed E-state index contributed by atoms with van der Waals surface area (Å²) in [5.74, 6) is -0.262. The van der Waals surface area contributed by atoms with Crippen molar-refractivity contribution in [3.63, 3.8) is 0 Å². The number of nitrogens with zero attached hydrogens (tertiary/aromatic N) is 2. The number of nitrogens with two attached hydrogens (primary N) is 1. The molecule has 28 heavy (non-hydrogen) atoms. The fraction of sp³-hybridized carbons (Fsp3) is 0.150. The van der Waals surface area contributed by atoms with Crippen LogP contribution in [-0.2, 0) is 16.0 Å². The van der Waals surface area contributed by atoms with Crippen molar-refractivity contribution in [2.45, 2.75) is 12.8 Å². The highest BCUT2D eigenvalue weighted by Gasteiger charge is 2.08. The van der Waals surface area contributed by atoms with Crippen LogP contribution < -0.4 is 11.4 Å². The van der Waals surface area contributed by atoms with E-state index in [0.29, 0.717) is 24.1 Å². The lowest BCUT2D eigenvalue weighted by Crippen LogP contribution is -2.21. The lowest BCUT2D eigenvalue weighted by molar-refractivity contribution is -0.140. The predicted octanol–water partition coefficient (Wildman–Crippen LogP) is 2.44. The summed E-state index contributed by atoms with van der Waals surface area (Å²) in [6.45, 7) is 0. The second kappa shape index (κ2) is 9.05. The number of esters is 1. The predicted molar refractivity (Wildman–Crippen MR) is 110 cm³/mol. The van der Waals surface area contributed by atoms with Crippen LogP contribution in [0.5, 0.6) is 0 Å². The van der Waals surface area contributed by atoms with Crippen molar-refractivity contribution in [2.75, 3.05) is 7.11 Å². The molecule has 1 aromatic heterocycles. The Hall–Kier alpha value is -3.32. The highest BCUT2D eigenvalue weighted by atomic mass is 35.5. The number of imidazole rings is 1. The SMILES string of the molecule is COC(=O)CCc1ccc(-n2ccn(-c3ccc(C(=N)N)cc3)c2=O)cc1.Cl. The largest absolute Gasteiger partial charge is 0.469 e. The van der Waals surface area contributed by atoms with Crippen LogP contribution in [0.25, 0.3) is 11.4 Å². The number of amidine groups is 1. The number of benzene rings is 2. The molecule has 0 amide bonds. The zero-order valence-electron chi connectivity index (χ0n) is 15.3. The number of hydrogen-bond donors (Lipinski definition) is 2. The van der Waals surface area contributed by atoms with Crippen LogP contribution in [0.3, 0.4) is 0 Å². The smallest absolute Gasteiger partial charge is 0.337 e. The Balaban J connectivity index is 0.00000280. The first-order valence-corrected chi connectivity index (χ1v) is 8.40. The van der Waals surface area contributed by atoms with Gasteiger partial charge in [-0.15, -0.1) is 12.4 Å². The second-order valence-electron chi connectivity index (χ2n) is 6.02. The highest BCUT2D eigenvalue weighted by molar-refractivity contribution is 5.95. The second-order valence-corrected chi connectivity index (χ2v) is 6.02. The number of rotatable bonds is 6. The number of hydrogen-bond acceptors (Lipinski definition) is 4. The molecule has 0 saturated carbocycles. The molecule has 8 heteroatoms. The lowest BCUT2D eigenvalue weighted by Gasteiger charge is -2.05. The van der Waals surface area contributed by atoms with Gasteiger partial charge in [0.05, 0.1) is 18.5 Å². The fourth-order valence-electron chi connectivity index (χ4n) is 2.74. The lowest BCUT2D eigenvalue weighted by atomic mass is 10.1. The van der Waals surface area contributed by atoms with E-state index in [4.69, 9.17) is 11.1 Å². The standard InChI is InChI=1S/C20H20N4O3.ClH/c1-27-18(25)11-4-14-2-7-16(8-3-14)23-12-13-24(20(23)26)17-9-5-15(6-10-17)19(21)22;/h2-3,5-10,12-13H,4,11H2,1H3,(H3,21,22);1H. The van der Waals surface area contributed by atoms with Crippen LogP contribution in [0.4, 0.5) is 0 Å². The minimum atomic E-state index is -0.247. The quantitative estimate of drug-likeness (QED) is 0.376. The molecule has 0 atom stereocenters. The molecule has 3 rings (SSSR count). The Bertz CT molecular complexity index is 1020. The molecule has 0 saturated heterocycles. The maximum Gasteiger partial charge on any atom is 0.337 e. The number of carbonyl (C=O) groups excluding carboxylic acids is 1. The third kappa shape index (κ3) is 4.50. The van der Waals surface area contributed by atoms with E-state index in [2.05, 4.69) is 4.74 Å². The van der Waals surface area contributed by atoms with E-state index in [0.717, 1.165) is 11.3 Å². The fourth-order valence-corrected chi connectivity index (χ4v) is 2.74. The van der Waals surface area contributed by atoms with Gasteiger partial charge in [-0.25, -0.2) is 4.79 Å². The van der Waals surface area contributed by atoms with Gasteiger partial charge in [0.1, 0.15) is 5.84 Å². The van der Waals surface area contributed by atoms with Gasteiger partial charge in [-0.1, -0.05) is 12.1 Å². The van der Waals surface area contributed by atoms with Crippen molar-refractivity contribution < 1.29 is 9.53 Å². The summed E-state index contributed by atoms with van der Waals surface area (Å²) in [5.41, 5.74) is 8.29. The third-order valence-corrected chi connectivity index (χ3v) is 4.29. The van der Waals surface area contributed by atoms with Crippen LogP contribution in [-0.4, -0.2) is 28.0 Å². The molecule has 0 aliphatic heterocycles. The molecule has 0 fully saturated rings. The van der Waals surface area contributed by atoms with E-state index in [-0.39, 0.29) is 29.9 Å². The number of aryl methyl sites for hydroxylation is 1. The number of methoxy groups -OCH3 is 1. The van der Waals surface area contributed by atoms with E-state index in [9.17, 15) is 9.59 Å². The Kier molecular flexibility index (Phi) is 6.79. The minimum Gasteiger partial charge on any atom is -0.469 e. The molecule has 0 unspecified atom stereocenters. The summed E-state index contributed by atoms with van der Waals surface area (Å²) in [5, 5.41) is 7.43. The molecule has 2 aromatic carbocycles. The van der Waals surface area contributed by atoms with Crippen molar-refractivity contribution in [1.29, 1.82) is 5.41 Å². The number of halogens is 1. The summed E-state index contributed by atoms with van der Waals surface area (Å²) in [6, 6.07) is 14.4. The Morgan fingerprint density at radius 3 is 1.96 bits per heavy atom. The molecule has 146 valence electrons. The van der Waals surface area contributed by atoms with E-state index >= 15 is 0 Å². The zero-order valence-corrected chi connectivity index (χ0v) is 16.1. The first-order chi connectivity index (χ1) is 13.0. The Labute approximate surface area is 168 Å². The highest BCUT2D eigenvalue weighted by Crippen LogP contribution is 2.12. The average molecular weight is 401 g/mol. The Morgan fingerprint density at radius 2 is 1.50 bits per heavy atom. The first kappa shape index (κ1) is 21.0. The molecule has 0 radical (unpaired) electrons. The van der Waals surface area contributed by atoms with E-state index in [1.54, 1.807) is 41.2 Å². The summed E-state index contributed by atoms with van der Waals surface area (Å²) in [6.07, 6.45) is 4.30. The van der Waals surface area contributed by atoms with Crippen LogP contribution in [0.15, 0.2) is 65.7 Å². The Morgan fingerprint density at radius 1 is 1.00 bits per heavy atom. The molecule has 1 heterocycles. The summed E-state index contributed by atoms with van der Waals surface area (Å²) in [4.78, 5) is 24.0. The van der Waals surface area contributed by atoms with Gasteiger partial charge in [0.25, 0.3) is 0 Å². The number of aromatic nitrogens is 2. The molecule has 0 bridgehead atoms. The third-order valence-electron chi connectivity index (χ3n) is 4.29.